The summed E-state index contributed by atoms with van der Waals surface area (Å²) in [6.45, 7) is 4.05. The maximum Gasteiger partial charge on any atom is -0.0105 e. The summed E-state index contributed by atoms with van der Waals surface area (Å²) < 4.78 is 0. The molecule has 0 spiro atoms. The van der Waals surface area contributed by atoms with E-state index >= 15 is 0 Å². The van der Waals surface area contributed by atoms with Gasteiger partial charge in [0, 0.05) is 0 Å². The quantitative estimate of drug-likeness (QED) is 0.578. The molecule has 3 nitrogen and oxygen atoms in total. The normalized spacial score (nSPS) is 10.0. The van der Waals surface area contributed by atoms with Gasteiger partial charge in [0.1, 0.15) is 0 Å². The molecule has 0 aromatic carbocycles. The second kappa shape index (κ2) is 2.62. The Labute approximate surface area is 54.5 Å². The fraction of sp³-hybridized carbons (Fsp3) is 0.667. The molecule has 0 aliphatic heterocycles. The third kappa shape index (κ3) is 1.28. The summed E-state index contributed by atoms with van der Waals surface area (Å²) in [5, 5.41) is 7.69. The lowest BCUT2D eigenvalue weighted by Crippen LogP contribution is -1.87. The summed E-state index contributed by atoms with van der Waals surface area (Å²) in [7, 11) is 0. The van der Waals surface area contributed by atoms with E-state index in [0.717, 1.165) is 24.5 Å². The maximum atomic E-state index is 4.12. The van der Waals surface area contributed by atoms with Gasteiger partial charge in [-0.1, -0.05) is 13.8 Å². The van der Waals surface area contributed by atoms with E-state index in [4.69, 9.17) is 0 Å². The average Bonchev–Trinajstić information content (AvgIpc) is 2.34. The average molecular weight is 124 g/mol. The van der Waals surface area contributed by atoms with E-state index in [1.54, 1.807) is 0 Å². The molecule has 1 aromatic rings. The molecule has 0 saturated carbocycles. The van der Waals surface area contributed by atoms with E-state index in [1.165, 1.54) is 0 Å². The summed E-state index contributed by atoms with van der Waals surface area (Å²) in [5.41, 5.74) is 0. The topological polar surface area (TPSA) is 39.9 Å². The van der Waals surface area contributed by atoms with Gasteiger partial charge in [0.25, 0.3) is 0 Å². The molecule has 1 heterocycles. The van der Waals surface area contributed by atoms with Crippen molar-refractivity contribution in [1.82, 2.24) is 15.2 Å². The van der Waals surface area contributed by atoms with Crippen molar-refractivity contribution >= 4 is 0 Å². The minimum Gasteiger partial charge on any atom is -0.367 e. The fourth-order valence-electron chi connectivity index (χ4n) is 0.609. The molecule has 0 N–H and O–H groups in total. The number of hydrogen-bond acceptors (Lipinski definition) is 2. The molecule has 0 radical (unpaired) electrons. The van der Waals surface area contributed by atoms with Crippen LogP contribution in [0.4, 0.5) is 0 Å². The highest BCUT2D eigenvalue weighted by Crippen LogP contribution is 1.90. The van der Waals surface area contributed by atoms with Crippen molar-refractivity contribution in [2.75, 3.05) is 0 Å². The minimum absolute atomic E-state index is 0.854. The summed E-state index contributed by atoms with van der Waals surface area (Å²) >= 11 is 0. The number of aryl methyl sites for hydroxylation is 2. The van der Waals surface area contributed by atoms with E-state index < -0.39 is 0 Å². The number of aromatic nitrogens is 3. The van der Waals surface area contributed by atoms with Crippen LogP contribution < -0.4 is 4.98 Å². The van der Waals surface area contributed by atoms with Crippen molar-refractivity contribution in [3.05, 3.63) is 11.6 Å². The van der Waals surface area contributed by atoms with Crippen LogP contribution in [-0.4, -0.2) is 10.2 Å². The number of rotatable bonds is 2. The fourth-order valence-corrected chi connectivity index (χ4v) is 0.609. The third-order valence-electron chi connectivity index (χ3n) is 1.17. The first-order valence-electron chi connectivity index (χ1n) is 3.22. The predicted molar refractivity (Wildman–Crippen MR) is 34.1 cm³/mol. The van der Waals surface area contributed by atoms with Gasteiger partial charge >= 0.3 is 0 Å². The summed E-state index contributed by atoms with van der Waals surface area (Å²) in [5.74, 6) is 1.71. The van der Waals surface area contributed by atoms with Crippen LogP contribution in [0, 0.1) is 0 Å². The van der Waals surface area contributed by atoms with Gasteiger partial charge in [0.05, 0.1) is 0 Å². The SMILES string of the molecule is CCc1nnc(CC)[n-]1. The molecular weight excluding hydrogens is 114 g/mol. The predicted octanol–water partition coefficient (Wildman–Crippen LogP) is 0.559. The van der Waals surface area contributed by atoms with E-state index in [9.17, 15) is 0 Å². The molecule has 1 aromatic heterocycles. The minimum atomic E-state index is 0.854. The van der Waals surface area contributed by atoms with E-state index in [1.807, 2.05) is 13.8 Å². The first kappa shape index (κ1) is 6.26. The van der Waals surface area contributed by atoms with Crippen LogP contribution in [0.15, 0.2) is 0 Å². The van der Waals surface area contributed by atoms with Crippen molar-refractivity contribution < 1.29 is 0 Å². The van der Waals surface area contributed by atoms with Gasteiger partial charge < -0.3 is 15.2 Å². The molecule has 50 valence electrons. The second-order valence-electron chi connectivity index (χ2n) is 1.85. The van der Waals surface area contributed by atoms with Gasteiger partial charge in [-0.3, -0.25) is 0 Å². The Morgan fingerprint density at radius 3 is 1.78 bits per heavy atom. The molecule has 0 unspecified atom stereocenters. The number of hydrogen-bond donors (Lipinski definition) is 0. The van der Waals surface area contributed by atoms with Crippen LogP contribution in [0.1, 0.15) is 25.5 Å². The highest BCUT2D eigenvalue weighted by molar-refractivity contribution is 4.87. The van der Waals surface area contributed by atoms with E-state index in [2.05, 4.69) is 15.2 Å². The molecular formula is C6H10N3-. The molecule has 0 aliphatic rings. The Kier molecular flexibility index (Phi) is 1.82. The molecule has 0 saturated heterocycles. The Balaban J connectivity index is 2.74. The lowest BCUT2D eigenvalue weighted by Gasteiger charge is -1.90. The standard InChI is InChI=1S/C6H10N3/c1-3-5-7-6(4-2)9-8-5/h3-4H2,1-2H3/q-1. The Bertz CT molecular complexity index is 162. The van der Waals surface area contributed by atoms with Gasteiger partial charge in [-0.2, -0.15) is 0 Å². The summed E-state index contributed by atoms with van der Waals surface area (Å²) in [6.07, 6.45) is 1.76. The first-order valence-corrected chi connectivity index (χ1v) is 3.22. The molecule has 0 aliphatic carbocycles. The highest BCUT2D eigenvalue weighted by atomic mass is 15.2. The zero-order chi connectivity index (χ0) is 6.69. The zero-order valence-electron chi connectivity index (χ0n) is 5.76. The van der Waals surface area contributed by atoms with Crippen LogP contribution in [0.25, 0.3) is 0 Å². The second-order valence-corrected chi connectivity index (χ2v) is 1.85. The third-order valence-corrected chi connectivity index (χ3v) is 1.17. The van der Waals surface area contributed by atoms with Crippen molar-refractivity contribution in [1.29, 1.82) is 0 Å². The van der Waals surface area contributed by atoms with Gasteiger partial charge in [-0.25, -0.2) is 0 Å². The van der Waals surface area contributed by atoms with Gasteiger partial charge in [-0.05, 0) is 24.5 Å². The molecule has 0 bridgehead atoms. The van der Waals surface area contributed by atoms with Crippen LogP contribution in [0.3, 0.4) is 0 Å². The molecule has 0 atom stereocenters. The monoisotopic (exact) mass is 124 g/mol. The lowest BCUT2D eigenvalue weighted by molar-refractivity contribution is 0.936. The van der Waals surface area contributed by atoms with Crippen molar-refractivity contribution in [3.63, 3.8) is 0 Å². The van der Waals surface area contributed by atoms with Crippen molar-refractivity contribution in [2.45, 2.75) is 26.7 Å². The van der Waals surface area contributed by atoms with Gasteiger partial charge in [0.15, 0.2) is 0 Å². The molecule has 9 heavy (non-hydrogen) atoms. The van der Waals surface area contributed by atoms with E-state index in [0.29, 0.717) is 0 Å². The van der Waals surface area contributed by atoms with Crippen LogP contribution in [0.2, 0.25) is 0 Å². The Hall–Kier alpha value is -0.860. The molecule has 1 rings (SSSR count). The van der Waals surface area contributed by atoms with E-state index in [-0.39, 0.29) is 0 Å². The molecule has 3 heteroatoms. The first-order chi connectivity index (χ1) is 4.36. The van der Waals surface area contributed by atoms with Crippen LogP contribution in [-0.2, 0) is 12.8 Å². The Morgan fingerprint density at radius 1 is 1.11 bits per heavy atom. The lowest BCUT2D eigenvalue weighted by atomic mass is 10.4. The van der Waals surface area contributed by atoms with Crippen molar-refractivity contribution in [2.24, 2.45) is 0 Å². The molecule has 0 fully saturated rings. The summed E-state index contributed by atoms with van der Waals surface area (Å²) in [6, 6.07) is 0. The maximum absolute atomic E-state index is 4.12. The van der Waals surface area contributed by atoms with Gasteiger partial charge in [0.2, 0.25) is 0 Å². The molecule has 0 amide bonds. The largest absolute Gasteiger partial charge is 0.367 e. The summed E-state index contributed by atoms with van der Waals surface area (Å²) in [4.78, 5) is 4.12. The zero-order valence-corrected chi connectivity index (χ0v) is 5.76. The smallest absolute Gasteiger partial charge is 0.0105 e. The van der Waals surface area contributed by atoms with Crippen LogP contribution >= 0.6 is 0 Å². The van der Waals surface area contributed by atoms with Crippen molar-refractivity contribution in [3.8, 4) is 0 Å². The Morgan fingerprint density at radius 2 is 1.56 bits per heavy atom. The highest BCUT2D eigenvalue weighted by Gasteiger charge is 1.84. The number of nitrogens with zero attached hydrogens (tertiary/aromatic N) is 3. The van der Waals surface area contributed by atoms with Gasteiger partial charge in [-0.15, -0.1) is 0 Å². The van der Waals surface area contributed by atoms with Crippen LogP contribution in [0.5, 0.6) is 0 Å².